The van der Waals surface area contributed by atoms with E-state index in [1.54, 1.807) is 4.57 Å². The van der Waals surface area contributed by atoms with Gasteiger partial charge in [-0.05, 0) is 0 Å². The van der Waals surface area contributed by atoms with Crippen LogP contribution in [0.1, 0.15) is 0 Å². The normalized spacial score (nSPS) is 12.2. The van der Waals surface area contributed by atoms with Crippen molar-refractivity contribution in [3.8, 4) is 0 Å². The third kappa shape index (κ3) is 2.78. The number of sulfonamides is 1. The zero-order valence-electron chi connectivity index (χ0n) is 7.58. The molecule has 0 aliphatic rings. The van der Waals surface area contributed by atoms with Gasteiger partial charge in [0.15, 0.2) is 0 Å². The van der Waals surface area contributed by atoms with Crippen LogP contribution in [0.25, 0.3) is 0 Å². The summed E-state index contributed by atoms with van der Waals surface area (Å²) in [5.74, 6) is 0.0675. The molecule has 0 spiro atoms. The Morgan fingerprint density at radius 2 is 1.85 bits per heavy atom. The lowest BCUT2D eigenvalue weighted by Gasteiger charge is -2.10. The van der Waals surface area contributed by atoms with Crippen LogP contribution in [0.2, 0.25) is 0 Å². The first-order chi connectivity index (χ1) is 6.02. The first kappa shape index (κ1) is 10.1. The molecule has 0 saturated heterocycles. The molecule has 0 atom stereocenters. The van der Waals surface area contributed by atoms with E-state index >= 15 is 0 Å². The topological polar surface area (TPSA) is 68.1 Å². The Kier molecular flexibility index (Phi) is 2.99. The molecule has 0 fully saturated rings. The number of hydrogen-bond acceptors (Lipinski definition) is 4. The first-order valence-electron chi connectivity index (χ1n) is 3.75. The molecule has 0 aliphatic carbocycles. The average molecular weight is 204 g/mol. The molecule has 0 amide bonds. The second kappa shape index (κ2) is 3.84. The van der Waals surface area contributed by atoms with E-state index in [2.05, 4.69) is 10.2 Å². The molecule has 1 aromatic rings. The highest BCUT2D eigenvalue weighted by Gasteiger charge is 2.12. The first-order valence-corrected chi connectivity index (χ1v) is 5.36. The molecule has 0 unspecified atom stereocenters. The van der Waals surface area contributed by atoms with Crippen molar-refractivity contribution >= 4 is 10.0 Å². The van der Waals surface area contributed by atoms with Gasteiger partial charge in [-0.3, -0.25) is 0 Å². The van der Waals surface area contributed by atoms with Crippen molar-refractivity contribution in [2.24, 2.45) is 0 Å². The molecule has 0 radical (unpaired) electrons. The molecule has 6 nitrogen and oxygen atoms in total. The molecule has 1 heterocycles. The summed E-state index contributed by atoms with van der Waals surface area (Å²) in [6.45, 7) is 0.382. The molecule has 74 valence electrons. The zero-order valence-corrected chi connectivity index (χ0v) is 8.40. The maximum Gasteiger partial charge on any atom is 0.215 e. The molecule has 0 aromatic carbocycles. The van der Waals surface area contributed by atoms with Gasteiger partial charge in [0.1, 0.15) is 12.7 Å². The molecule has 13 heavy (non-hydrogen) atoms. The van der Waals surface area contributed by atoms with E-state index in [-0.39, 0.29) is 5.75 Å². The second-order valence-corrected chi connectivity index (χ2v) is 5.10. The maximum atomic E-state index is 11.3. The molecular formula is C6H12N4O2S. The Hall–Kier alpha value is -0.950. The van der Waals surface area contributed by atoms with Gasteiger partial charge >= 0.3 is 0 Å². The third-order valence-electron chi connectivity index (χ3n) is 1.63. The fourth-order valence-corrected chi connectivity index (χ4v) is 1.55. The number of aryl methyl sites for hydroxylation is 1. The molecule has 1 rings (SSSR count). The van der Waals surface area contributed by atoms with Crippen LogP contribution in [0.15, 0.2) is 12.7 Å². The molecule has 0 N–H and O–H groups in total. The van der Waals surface area contributed by atoms with Crippen molar-refractivity contribution in [1.82, 2.24) is 19.1 Å². The van der Waals surface area contributed by atoms with Crippen molar-refractivity contribution in [1.29, 1.82) is 0 Å². The largest absolute Gasteiger partial charge is 0.319 e. The quantitative estimate of drug-likeness (QED) is 0.642. The highest BCUT2D eigenvalue weighted by Crippen LogP contribution is 1.95. The van der Waals surface area contributed by atoms with Crippen LogP contribution >= 0.6 is 0 Å². The minimum Gasteiger partial charge on any atom is -0.319 e. The van der Waals surface area contributed by atoms with E-state index in [4.69, 9.17) is 0 Å². The molecule has 7 heteroatoms. The molecule has 0 bridgehead atoms. The summed E-state index contributed by atoms with van der Waals surface area (Å²) in [6.07, 6.45) is 2.98. The van der Waals surface area contributed by atoms with Crippen LogP contribution in [0.5, 0.6) is 0 Å². The van der Waals surface area contributed by atoms with Crippen molar-refractivity contribution in [2.75, 3.05) is 19.8 Å². The van der Waals surface area contributed by atoms with E-state index in [9.17, 15) is 8.42 Å². The van der Waals surface area contributed by atoms with E-state index in [1.165, 1.54) is 31.1 Å². The molecule has 1 aromatic heterocycles. The van der Waals surface area contributed by atoms with Crippen molar-refractivity contribution in [2.45, 2.75) is 6.54 Å². The Labute approximate surface area is 77.2 Å². The van der Waals surface area contributed by atoms with Gasteiger partial charge in [0.05, 0.1) is 5.75 Å². The SMILES string of the molecule is CN(C)S(=O)(=O)CCn1cnnc1. The van der Waals surface area contributed by atoms with E-state index in [1.807, 2.05) is 0 Å². The van der Waals surface area contributed by atoms with Gasteiger partial charge in [-0.2, -0.15) is 0 Å². The van der Waals surface area contributed by atoms with Gasteiger partial charge in [0, 0.05) is 20.6 Å². The summed E-state index contributed by atoms with van der Waals surface area (Å²) >= 11 is 0. The van der Waals surface area contributed by atoms with Gasteiger partial charge in [-0.1, -0.05) is 0 Å². The van der Waals surface area contributed by atoms with Crippen molar-refractivity contribution in [3.05, 3.63) is 12.7 Å². The second-order valence-electron chi connectivity index (χ2n) is 2.80. The minimum absolute atomic E-state index is 0.0675. The van der Waals surface area contributed by atoms with Crippen molar-refractivity contribution < 1.29 is 8.42 Å². The van der Waals surface area contributed by atoms with Gasteiger partial charge in [0.25, 0.3) is 0 Å². The van der Waals surface area contributed by atoms with Gasteiger partial charge in [0.2, 0.25) is 10.0 Å². The smallest absolute Gasteiger partial charge is 0.215 e. The summed E-state index contributed by atoms with van der Waals surface area (Å²) in [5, 5.41) is 7.14. The standard InChI is InChI=1S/C6H12N4O2S/c1-9(2)13(11,12)4-3-10-5-7-8-6-10/h5-6H,3-4H2,1-2H3. The van der Waals surface area contributed by atoms with Crippen LogP contribution in [0.3, 0.4) is 0 Å². The highest BCUT2D eigenvalue weighted by atomic mass is 32.2. The Balaban J connectivity index is 2.53. The maximum absolute atomic E-state index is 11.3. The molecule has 0 aliphatic heterocycles. The Bertz CT molecular complexity index is 343. The highest BCUT2D eigenvalue weighted by molar-refractivity contribution is 7.89. The average Bonchev–Trinajstić information content (AvgIpc) is 2.52. The number of aromatic nitrogens is 3. The number of nitrogens with zero attached hydrogens (tertiary/aromatic N) is 4. The van der Waals surface area contributed by atoms with E-state index < -0.39 is 10.0 Å². The predicted molar refractivity (Wildman–Crippen MR) is 47.5 cm³/mol. The fraction of sp³-hybridized carbons (Fsp3) is 0.667. The van der Waals surface area contributed by atoms with Gasteiger partial charge in [-0.15, -0.1) is 10.2 Å². The lowest BCUT2D eigenvalue weighted by atomic mass is 10.7. The molecular weight excluding hydrogens is 192 g/mol. The van der Waals surface area contributed by atoms with E-state index in [0.717, 1.165) is 0 Å². The summed E-state index contributed by atoms with van der Waals surface area (Å²) in [6, 6.07) is 0. The minimum atomic E-state index is -3.12. The predicted octanol–water partition coefficient (Wildman–Crippen LogP) is -0.830. The lowest BCUT2D eigenvalue weighted by Crippen LogP contribution is -2.27. The monoisotopic (exact) mass is 204 g/mol. The van der Waals surface area contributed by atoms with Crippen LogP contribution in [0, 0.1) is 0 Å². The zero-order chi connectivity index (χ0) is 9.90. The van der Waals surface area contributed by atoms with Gasteiger partial charge < -0.3 is 4.57 Å². The summed E-state index contributed by atoms with van der Waals surface area (Å²) < 4.78 is 25.4. The lowest BCUT2D eigenvalue weighted by molar-refractivity contribution is 0.515. The summed E-state index contributed by atoms with van der Waals surface area (Å²) in [4.78, 5) is 0. The summed E-state index contributed by atoms with van der Waals surface area (Å²) in [5.41, 5.74) is 0. The molecule has 0 saturated carbocycles. The van der Waals surface area contributed by atoms with Crippen molar-refractivity contribution in [3.63, 3.8) is 0 Å². The van der Waals surface area contributed by atoms with E-state index in [0.29, 0.717) is 6.54 Å². The Morgan fingerprint density at radius 1 is 1.31 bits per heavy atom. The number of rotatable bonds is 4. The fourth-order valence-electron chi connectivity index (χ4n) is 0.741. The summed E-state index contributed by atoms with van der Waals surface area (Å²) in [7, 11) is -0.0866. The van der Waals surface area contributed by atoms with Crippen LogP contribution in [-0.4, -0.2) is 47.3 Å². The Morgan fingerprint density at radius 3 is 2.31 bits per heavy atom. The van der Waals surface area contributed by atoms with Gasteiger partial charge in [-0.25, -0.2) is 12.7 Å². The number of hydrogen-bond donors (Lipinski definition) is 0. The van der Waals surface area contributed by atoms with Crippen LogP contribution in [-0.2, 0) is 16.6 Å². The third-order valence-corrected chi connectivity index (χ3v) is 3.44. The van der Waals surface area contributed by atoms with Crippen LogP contribution < -0.4 is 0 Å². The van der Waals surface area contributed by atoms with Crippen LogP contribution in [0.4, 0.5) is 0 Å².